The minimum atomic E-state index is -2.70. The molecule has 3 N–H and O–H groups in total. The molecule has 0 fully saturated rings. The lowest BCUT2D eigenvalue weighted by molar-refractivity contribution is 0.145. The van der Waals surface area contributed by atoms with Crippen molar-refractivity contribution in [3.05, 3.63) is 58.8 Å². The van der Waals surface area contributed by atoms with E-state index in [-0.39, 0.29) is 12.3 Å². The molecular weight excluding hydrogens is 384 g/mol. The highest BCUT2D eigenvalue weighted by Gasteiger charge is 2.20. The molecule has 1 heterocycles. The van der Waals surface area contributed by atoms with Crippen LogP contribution < -0.4 is 9.88 Å². The van der Waals surface area contributed by atoms with E-state index in [2.05, 4.69) is 5.10 Å². The normalized spacial score (nSPS) is 11.3. The smallest absolute Gasteiger partial charge is 0.282 e. The molecule has 0 unspecified atom stereocenters. The average molecular weight is 405 g/mol. The molecule has 0 aliphatic heterocycles. The highest BCUT2D eigenvalue weighted by Crippen LogP contribution is 2.34. The molecule has 0 bridgehead atoms. The third-order valence-corrected chi connectivity index (χ3v) is 5.21. The number of methoxy groups -OCH3 is 1. The van der Waals surface area contributed by atoms with Crippen molar-refractivity contribution in [2.75, 3.05) is 7.11 Å². The lowest BCUT2D eigenvalue weighted by atomic mass is 10.0. The number of alkyl halides is 2. The summed E-state index contributed by atoms with van der Waals surface area (Å²) in [4.78, 5) is 0.713. The van der Waals surface area contributed by atoms with Gasteiger partial charge in [-0.25, -0.2) is 13.5 Å². The monoisotopic (exact) mass is 405 g/mol. The zero-order valence-corrected chi connectivity index (χ0v) is 16.6. The second-order valence-electron chi connectivity index (χ2n) is 6.37. The zero-order chi connectivity index (χ0) is 20.4. The molecule has 0 spiro atoms. The Morgan fingerprint density at radius 3 is 2.54 bits per heavy atom. The molecule has 148 valence electrons. The van der Waals surface area contributed by atoms with E-state index in [4.69, 9.17) is 9.88 Å². The van der Waals surface area contributed by atoms with Crippen LogP contribution in [0.5, 0.6) is 5.75 Å². The number of benzene rings is 2. The van der Waals surface area contributed by atoms with Gasteiger partial charge in [0.15, 0.2) is 0 Å². The Bertz CT molecular complexity index is 1010. The maximum absolute atomic E-state index is 13.4. The van der Waals surface area contributed by atoms with Crippen LogP contribution >= 0.6 is 11.9 Å². The van der Waals surface area contributed by atoms with Gasteiger partial charge in [0.2, 0.25) is 0 Å². The Kier molecular flexibility index (Phi) is 6.02. The summed E-state index contributed by atoms with van der Waals surface area (Å²) in [6, 6.07) is 10.3. The number of rotatable bonds is 6. The van der Waals surface area contributed by atoms with E-state index in [9.17, 15) is 13.9 Å². The van der Waals surface area contributed by atoms with Crippen LogP contribution in [0, 0.1) is 13.8 Å². The van der Waals surface area contributed by atoms with Crippen molar-refractivity contribution in [1.29, 1.82) is 0 Å². The standard InChI is InChI=1S/C20H21F2N3O2S/c1-11-7-18(27-3)12(2)6-15(11)17-9-16(20(21)22)24-25(17)14-4-5-19(28-23)13(8-14)10-26/h4-9,20,26H,10,23H2,1-3H3. The number of aliphatic hydroxyl groups is 1. The van der Waals surface area contributed by atoms with Gasteiger partial charge in [-0.2, -0.15) is 5.10 Å². The number of aliphatic hydroxyl groups excluding tert-OH is 1. The van der Waals surface area contributed by atoms with Crippen LogP contribution in [0.2, 0.25) is 0 Å². The summed E-state index contributed by atoms with van der Waals surface area (Å²) in [6.45, 7) is 3.57. The summed E-state index contributed by atoms with van der Waals surface area (Å²) in [5.41, 5.74) is 3.94. The van der Waals surface area contributed by atoms with Crippen molar-refractivity contribution in [3.63, 3.8) is 0 Å². The van der Waals surface area contributed by atoms with Crippen LogP contribution in [0.4, 0.5) is 8.78 Å². The molecule has 0 radical (unpaired) electrons. The molecule has 0 saturated carbocycles. The van der Waals surface area contributed by atoms with E-state index in [0.717, 1.165) is 34.4 Å². The summed E-state index contributed by atoms with van der Waals surface area (Å²) < 4.78 is 33.6. The Morgan fingerprint density at radius 1 is 1.18 bits per heavy atom. The second kappa shape index (κ2) is 8.30. The van der Waals surface area contributed by atoms with E-state index in [0.29, 0.717) is 21.8 Å². The van der Waals surface area contributed by atoms with E-state index in [1.165, 1.54) is 10.7 Å². The molecule has 3 aromatic rings. The van der Waals surface area contributed by atoms with Gasteiger partial charge >= 0.3 is 0 Å². The van der Waals surface area contributed by atoms with E-state index < -0.39 is 6.43 Å². The SMILES string of the molecule is COc1cc(C)c(-c2cc(C(F)F)nn2-c2ccc(SN)c(CO)c2)cc1C. The molecule has 0 aliphatic rings. The predicted molar refractivity (Wildman–Crippen MR) is 106 cm³/mol. The number of hydrogen-bond donors (Lipinski definition) is 2. The molecule has 0 saturated heterocycles. The molecule has 0 amide bonds. The zero-order valence-electron chi connectivity index (χ0n) is 15.7. The fraction of sp³-hybridized carbons (Fsp3) is 0.250. The molecular formula is C20H21F2N3O2S. The Balaban J connectivity index is 2.23. The van der Waals surface area contributed by atoms with Gasteiger partial charge in [-0.15, -0.1) is 0 Å². The maximum Gasteiger partial charge on any atom is 0.282 e. The number of aryl methyl sites for hydroxylation is 2. The van der Waals surface area contributed by atoms with Crippen LogP contribution in [0.15, 0.2) is 41.3 Å². The number of hydrogen-bond acceptors (Lipinski definition) is 5. The third-order valence-electron chi connectivity index (χ3n) is 4.56. The molecule has 0 atom stereocenters. The van der Waals surface area contributed by atoms with Crippen molar-refractivity contribution in [2.45, 2.75) is 31.8 Å². The first kappa shape index (κ1) is 20.3. The quantitative estimate of drug-likeness (QED) is 0.588. The molecule has 28 heavy (non-hydrogen) atoms. The van der Waals surface area contributed by atoms with Gasteiger partial charge < -0.3 is 9.84 Å². The molecule has 8 heteroatoms. The van der Waals surface area contributed by atoms with E-state index >= 15 is 0 Å². The van der Waals surface area contributed by atoms with Crippen molar-refractivity contribution in [3.8, 4) is 22.7 Å². The molecule has 5 nitrogen and oxygen atoms in total. The van der Waals surface area contributed by atoms with Gasteiger partial charge in [0.05, 0.1) is 25.1 Å². The summed E-state index contributed by atoms with van der Waals surface area (Å²) in [5, 5.41) is 19.3. The number of halogens is 2. The van der Waals surface area contributed by atoms with Crippen molar-refractivity contribution < 1.29 is 18.6 Å². The Hall–Kier alpha value is -2.42. The van der Waals surface area contributed by atoms with Gasteiger partial charge in [0.1, 0.15) is 11.4 Å². The second-order valence-corrected chi connectivity index (χ2v) is 7.05. The van der Waals surface area contributed by atoms with Crippen LogP contribution in [-0.4, -0.2) is 22.0 Å². The van der Waals surface area contributed by atoms with Crippen LogP contribution in [0.25, 0.3) is 16.9 Å². The van der Waals surface area contributed by atoms with Crippen LogP contribution in [0.1, 0.15) is 28.8 Å². The van der Waals surface area contributed by atoms with Crippen LogP contribution in [0.3, 0.4) is 0 Å². The first-order chi connectivity index (χ1) is 13.4. The lowest BCUT2D eigenvalue weighted by Crippen LogP contribution is -2.03. The van der Waals surface area contributed by atoms with E-state index in [1.54, 1.807) is 25.3 Å². The number of nitrogens with zero attached hydrogens (tertiary/aromatic N) is 2. The molecule has 1 aromatic heterocycles. The molecule has 3 rings (SSSR count). The van der Waals surface area contributed by atoms with Gasteiger partial charge in [0, 0.05) is 10.5 Å². The Labute approximate surface area is 166 Å². The predicted octanol–water partition coefficient (Wildman–Crippen LogP) is 4.56. The fourth-order valence-electron chi connectivity index (χ4n) is 3.12. The lowest BCUT2D eigenvalue weighted by Gasteiger charge is -2.14. The van der Waals surface area contributed by atoms with Crippen LogP contribution in [-0.2, 0) is 6.61 Å². The molecule has 0 aliphatic carbocycles. The first-order valence-corrected chi connectivity index (χ1v) is 9.42. The number of aromatic nitrogens is 2. The maximum atomic E-state index is 13.4. The topological polar surface area (TPSA) is 73.3 Å². The molecule has 2 aromatic carbocycles. The van der Waals surface area contributed by atoms with Crippen molar-refractivity contribution in [2.24, 2.45) is 5.14 Å². The van der Waals surface area contributed by atoms with Gasteiger partial charge in [0.25, 0.3) is 6.43 Å². The summed E-state index contributed by atoms with van der Waals surface area (Å²) in [6.07, 6.45) is -2.70. The first-order valence-electron chi connectivity index (χ1n) is 8.54. The third kappa shape index (κ3) is 3.76. The highest BCUT2D eigenvalue weighted by molar-refractivity contribution is 7.97. The van der Waals surface area contributed by atoms with Gasteiger partial charge in [-0.1, -0.05) is 0 Å². The number of ether oxygens (including phenoxy) is 1. The summed E-state index contributed by atoms with van der Waals surface area (Å²) in [7, 11) is 1.59. The van der Waals surface area contributed by atoms with Gasteiger partial charge in [-0.3, -0.25) is 5.14 Å². The largest absolute Gasteiger partial charge is 0.496 e. The fourth-order valence-corrected chi connectivity index (χ4v) is 3.54. The Morgan fingerprint density at radius 2 is 1.93 bits per heavy atom. The van der Waals surface area contributed by atoms with Gasteiger partial charge in [-0.05, 0) is 78.9 Å². The summed E-state index contributed by atoms with van der Waals surface area (Å²) >= 11 is 1.02. The van der Waals surface area contributed by atoms with Crippen molar-refractivity contribution in [1.82, 2.24) is 9.78 Å². The minimum Gasteiger partial charge on any atom is -0.496 e. The van der Waals surface area contributed by atoms with E-state index in [1.807, 2.05) is 26.0 Å². The highest BCUT2D eigenvalue weighted by atomic mass is 32.2. The summed E-state index contributed by atoms with van der Waals surface area (Å²) in [5.74, 6) is 0.730. The average Bonchev–Trinajstić information content (AvgIpc) is 3.14. The number of nitrogens with two attached hydrogens (primary N) is 1. The minimum absolute atomic E-state index is 0.216. The van der Waals surface area contributed by atoms with Crippen molar-refractivity contribution >= 4 is 11.9 Å².